The van der Waals surface area contributed by atoms with Crippen molar-refractivity contribution < 1.29 is 19.1 Å². The van der Waals surface area contributed by atoms with Gasteiger partial charge in [0.25, 0.3) is 5.91 Å². The van der Waals surface area contributed by atoms with Crippen LogP contribution in [0.25, 0.3) is 0 Å². The molecule has 1 aliphatic carbocycles. The van der Waals surface area contributed by atoms with Crippen LogP contribution in [0.15, 0.2) is 24.3 Å². The Labute approximate surface area is 159 Å². The number of amides is 4. The van der Waals surface area contributed by atoms with Gasteiger partial charge in [-0.05, 0) is 37.0 Å². The molecule has 0 aromatic heterocycles. The molecule has 2 fully saturated rings. The van der Waals surface area contributed by atoms with Crippen molar-refractivity contribution in [3.05, 3.63) is 29.8 Å². The van der Waals surface area contributed by atoms with Crippen LogP contribution in [0.5, 0.6) is 5.75 Å². The van der Waals surface area contributed by atoms with E-state index in [4.69, 9.17) is 4.74 Å². The number of methoxy groups -OCH3 is 1. The number of ether oxygens (including phenoxy) is 1. The maximum atomic E-state index is 12.6. The van der Waals surface area contributed by atoms with E-state index in [1.54, 1.807) is 7.11 Å². The average molecular weight is 373 g/mol. The van der Waals surface area contributed by atoms with E-state index in [1.165, 1.54) is 4.90 Å². The van der Waals surface area contributed by atoms with Crippen molar-refractivity contribution in [2.45, 2.75) is 57.0 Å². The highest BCUT2D eigenvalue weighted by Gasteiger charge is 2.52. The van der Waals surface area contributed by atoms with Gasteiger partial charge in [-0.1, -0.05) is 31.9 Å². The lowest BCUT2D eigenvalue weighted by Gasteiger charge is -2.21. The fraction of sp³-hybridized carbons (Fsp3) is 0.550. The number of benzene rings is 1. The molecule has 4 amide bonds. The summed E-state index contributed by atoms with van der Waals surface area (Å²) in [6.07, 6.45) is 4.11. The lowest BCUT2D eigenvalue weighted by Crippen LogP contribution is -2.44. The second-order valence-corrected chi connectivity index (χ2v) is 7.23. The van der Waals surface area contributed by atoms with Gasteiger partial charge in [-0.2, -0.15) is 0 Å². The zero-order valence-corrected chi connectivity index (χ0v) is 15.9. The molecule has 0 bridgehead atoms. The van der Waals surface area contributed by atoms with E-state index in [0.29, 0.717) is 12.8 Å². The molecule has 146 valence electrons. The minimum absolute atomic E-state index is 0.0991. The summed E-state index contributed by atoms with van der Waals surface area (Å²) in [5.41, 5.74) is 0.273. The molecular formula is C20H27N3O4. The second-order valence-electron chi connectivity index (χ2n) is 7.23. The van der Waals surface area contributed by atoms with Crippen molar-refractivity contribution in [3.8, 4) is 5.75 Å². The highest BCUT2D eigenvalue weighted by molar-refractivity contribution is 6.07. The van der Waals surface area contributed by atoms with Gasteiger partial charge in [0.2, 0.25) is 5.91 Å². The molecule has 1 spiro atoms. The van der Waals surface area contributed by atoms with E-state index in [2.05, 4.69) is 10.6 Å². The molecule has 1 heterocycles. The van der Waals surface area contributed by atoms with Crippen LogP contribution in [0.2, 0.25) is 0 Å². The minimum atomic E-state index is -0.720. The quantitative estimate of drug-likeness (QED) is 0.719. The van der Waals surface area contributed by atoms with Gasteiger partial charge in [0, 0.05) is 13.0 Å². The largest absolute Gasteiger partial charge is 0.497 e. The first-order chi connectivity index (χ1) is 13.0. The van der Waals surface area contributed by atoms with Crippen molar-refractivity contribution in [2.75, 3.05) is 13.7 Å². The zero-order valence-electron chi connectivity index (χ0n) is 15.9. The number of nitrogens with one attached hydrogen (secondary N) is 2. The minimum Gasteiger partial charge on any atom is -0.497 e. The van der Waals surface area contributed by atoms with E-state index in [9.17, 15) is 14.4 Å². The van der Waals surface area contributed by atoms with E-state index in [0.717, 1.165) is 30.6 Å². The molecule has 27 heavy (non-hydrogen) atoms. The molecule has 1 saturated heterocycles. The molecule has 2 aliphatic rings. The third-order valence-corrected chi connectivity index (χ3v) is 5.53. The monoisotopic (exact) mass is 373 g/mol. The van der Waals surface area contributed by atoms with Crippen molar-refractivity contribution in [1.29, 1.82) is 0 Å². The van der Waals surface area contributed by atoms with Gasteiger partial charge in [0.15, 0.2) is 0 Å². The first-order valence-electron chi connectivity index (χ1n) is 9.56. The zero-order chi connectivity index (χ0) is 19.4. The summed E-state index contributed by atoms with van der Waals surface area (Å²) in [5, 5.41) is 5.82. The van der Waals surface area contributed by atoms with Crippen LogP contribution in [0, 0.1) is 0 Å². The lowest BCUT2D eigenvalue weighted by molar-refractivity contribution is -0.131. The van der Waals surface area contributed by atoms with Crippen LogP contribution in [-0.2, 0) is 9.59 Å². The topological polar surface area (TPSA) is 87.7 Å². The Kier molecular flexibility index (Phi) is 5.68. The Hall–Kier alpha value is -2.57. The summed E-state index contributed by atoms with van der Waals surface area (Å²) >= 11 is 0. The highest BCUT2D eigenvalue weighted by Crippen LogP contribution is 2.35. The molecule has 2 N–H and O–H groups in total. The SMILES string of the molecule is CCC(NC(=O)CCN1C(=O)NC2(CCCC2)C1=O)c1ccc(OC)cc1. The smallest absolute Gasteiger partial charge is 0.325 e. The highest BCUT2D eigenvalue weighted by atomic mass is 16.5. The molecule has 7 heteroatoms. The van der Waals surface area contributed by atoms with Gasteiger partial charge in [-0.3, -0.25) is 14.5 Å². The van der Waals surface area contributed by atoms with E-state index in [1.807, 2.05) is 31.2 Å². The Bertz CT molecular complexity index is 710. The van der Waals surface area contributed by atoms with Gasteiger partial charge < -0.3 is 15.4 Å². The third-order valence-electron chi connectivity index (χ3n) is 5.53. The number of rotatable bonds is 7. The number of hydrogen-bond acceptors (Lipinski definition) is 4. The number of urea groups is 1. The Morgan fingerprint density at radius 1 is 1.26 bits per heavy atom. The predicted octanol–water partition coefficient (Wildman–Crippen LogP) is 2.52. The van der Waals surface area contributed by atoms with Gasteiger partial charge in [0.05, 0.1) is 13.2 Å². The van der Waals surface area contributed by atoms with E-state index in [-0.39, 0.29) is 36.9 Å². The number of hydrogen-bond donors (Lipinski definition) is 2. The van der Waals surface area contributed by atoms with E-state index < -0.39 is 5.54 Å². The number of carbonyl (C=O) groups excluding carboxylic acids is 3. The normalized spacial score (nSPS) is 19.3. The molecular weight excluding hydrogens is 346 g/mol. The van der Waals surface area contributed by atoms with E-state index >= 15 is 0 Å². The summed E-state index contributed by atoms with van der Waals surface area (Å²) < 4.78 is 5.16. The Morgan fingerprint density at radius 2 is 1.93 bits per heavy atom. The molecule has 1 aliphatic heterocycles. The first-order valence-corrected chi connectivity index (χ1v) is 9.56. The Balaban J connectivity index is 1.55. The summed E-state index contributed by atoms with van der Waals surface area (Å²) in [6.45, 7) is 2.10. The second kappa shape index (κ2) is 7.98. The maximum Gasteiger partial charge on any atom is 0.325 e. The van der Waals surface area contributed by atoms with Crippen LogP contribution in [0.4, 0.5) is 4.79 Å². The summed E-state index contributed by atoms with van der Waals surface area (Å²) in [6, 6.07) is 7.07. The van der Waals surface area contributed by atoms with Gasteiger partial charge in [0.1, 0.15) is 11.3 Å². The number of nitrogens with zero attached hydrogens (tertiary/aromatic N) is 1. The van der Waals surface area contributed by atoms with Crippen molar-refractivity contribution in [3.63, 3.8) is 0 Å². The Morgan fingerprint density at radius 3 is 2.52 bits per heavy atom. The number of carbonyl (C=O) groups is 3. The van der Waals surface area contributed by atoms with Crippen LogP contribution < -0.4 is 15.4 Å². The molecule has 1 aromatic rings. The first kappa shape index (κ1) is 19.2. The molecule has 1 aromatic carbocycles. The molecule has 1 saturated carbocycles. The maximum absolute atomic E-state index is 12.6. The van der Waals surface area contributed by atoms with Crippen molar-refractivity contribution >= 4 is 17.8 Å². The fourth-order valence-corrected chi connectivity index (χ4v) is 3.93. The molecule has 3 rings (SSSR count). The summed E-state index contributed by atoms with van der Waals surface area (Å²) in [7, 11) is 1.61. The lowest BCUT2D eigenvalue weighted by atomic mass is 9.98. The van der Waals surface area contributed by atoms with Crippen LogP contribution >= 0.6 is 0 Å². The van der Waals surface area contributed by atoms with Gasteiger partial charge in [-0.25, -0.2) is 4.79 Å². The standard InChI is InChI=1S/C20H27N3O4/c1-3-16(14-6-8-15(27-2)9-7-14)21-17(24)10-13-23-18(25)20(22-19(23)26)11-4-5-12-20/h6-9,16H,3-5,10-13H2,1-2H3,(H,21,24)(H,22,26). The molecule has 0 radical (unpaired) electrons. The average Bonchev–Trinajstić information content (AvgIpc) is 3.24. The van der Waals surface area contributed by atoms with Gasteiger partial charge >= 0.3 is 6.03 Å². The summed E-state index contributed by atoms with van der Waals surface area (Å²) in [5.74, 6) is 0.407. The molecule has 7 nitrogen and oxygen atoms in total. The number of imide groups is 1. The molecule has 1 atom stereocenters. The van der Waals surface area contributed by atoms with Crippen LogP contribution in [0.3, 0.4) is 0 Å². The predicted molar refractivity (Wildman–Crippen MR) is 100 cm³/mol. The fourth-order valence-electron chi connectivity index (χ4n) is 3.93. The van der Waals surface area contributed by atoms with Gasteiger partial charge in [-0.15, -0.1) is 0 Å². The van der Waals surface area contributed by atoms with Crippen molar-refractivity contribution in [1.82, 2.24) is 15.5 Å². The molecule has 1 unspecified atom stereocenters. The van der Waals surface area contributed by atoms with Crippen molar-refractivity contribution in [2.24, 2.45) is 0 Å². The summed E-state index contributed by atoms with van der Waals surface area (Å²) in [4.78, 5) is 38.4. The van der Waals surface area contributed by atoms with Crippen LogP contribution in [-0.4, -0.2) is 41.9 Å². The van der Waals surface area contributed by atoms with Crippen LogP contribution in [0.1, 0.15) is 57.1 Å². The third kappa shape index (κ3) is 3.91.